The van der Waals surface area contributed by atoms with Gasteiger partial charge in [-0.1, -0.05) is 11.6 Å². The smallest absolute Gasteiger partial charge is 0.265 e. The zero-order valence-corrected chi connectivity index (χ0v) is 21.5. The second kappa shape index (κ2) is 11.0. The molecule has 3 aliphatic rings. The molecule has 37 heavy (non-hydrogen) atoms. The zero-order chi connectivity index (χ0) is 26.1. The summed E-state index contributed by atoms with van der Waals surface area (Å²) in [5.74, 6) is -1.11. The number of anilines is 2. The normalized spacial score (nSPS) is 18.8. The Hall–Kier alpha value is -2.60. The lowest BCUT2D eigenvalue weighted by Gasteiger charge is -2.31. The summed E-state index contributed by atoms with van der Waals surface area (Å²) in [7, 11) is 0. The van der Waals surface area contributed by atoms with Crippen LogP contribution < -0.4 is 15.5 Å². The van der Waals surface area contributed by atoms with Crippen LogP contribution in [0.15, 0.2) is 30.3 Å². The van der Waals surface area contributed by atoms with E-state index in [1.54, 1.807) is 18.2 Å². The molecule has 8 nitrogen and oxygen atoms in total. The predicted octanol–water partition coefficient (Wildman–Crippen LogP) is 4.07. The van der Waals surface area contributed by atoms with Crippen LogP contribution >= 0.6 is 22.9 Å². The molecule has 1 aromatic carbocycles. The molecule has 12 heteroatoms. The van der Waals surface area contributed by atoms with Crippen LogP contribution in [0, 0.1) is 0 Å². The lowest BCUT2D eigenvalue weighted by molar-refractivity contribution is -0.125. The van der Waals surface area contributed by atoms with Crippen LogP contribution in [-0.2, 0) is 14.3 Å². The van der Waals surface area contributed by atoms with Gasteiger partial charge in [0.1, 0.15) is 12.6 Å². The Kier molecular flexibility index (Phi) is 7.75. The minimum atomic E-state index is -2.86. The molecule has 2 N–H and O–H groups in total. The van der Waals surface area contributed by atoms with Gasteiger partial charge in [-0.25, -0.2) is 8.78 Å². The highest BCUT2D eigenvalue weighted by Crippen LogP contribution is 2.39. The highest BCUT2D eigenvalue weighted by molar-refractivity contribution is 7.18. The van der Waals surface area contributed by atoms with E-state index >= 15 is 0 Å². The summed E-state index contributed by atoms with van der Waals surface area (Å²) in [6, 6.07) is 7.19. The zero-order valence-electron chi connectivity index (χ0n) is 19.9. The van der Waals surface area contributed by atoms with Gasteiger partial charge in [0.05, 0.1) is 15.8 Å². The van der Waals surface area contributed by atoms with Crippen molar-refractivity contribution in [2.45, 2.75) is 50.2 Å². The fraction of sp³-hybridized carbons (Fsp3) is 0.480. The lowest BCUT2D eigenvalue weighted by Crippen LogP contribution is -2.52. The number of thiophene rings is 1. The largest absolute Gasteiger partial charge is 0.370 e. The van der Waals surface area contributed by atoms with E-state index in [-0.39, 0.29) is 54.8 Å². The SMILES string of the molecule is O=C(NC[C@@H](C(=O)Nc1ccc(N2CCOCC2=O)cc1C(F)F)N(C1CC1)C1CC1)c1ccc(Cl)s1. The van der Waals surface area contributed by atoms with Gasteiger partial charge in [-0.15, -0.1) is 11.3 Å². The Bertz CT molecular complexity index is 1180. The van der Waals surface area contributed by atoms with Gasteiger partial charge in [-0.05, 0) is 56.0 Å². The van der Waals surface area contributed by atoms with E-state index in [0.717, 1.165) is 37.0 Å². The van der Waals surface area contributed by atoms with E-state index in [2.05, 4.69) is 15.5 Å². The van der Waals surface area contributed by atoms with Crippen LogP contribution in [0.2, 0.25) is 4.34 Å². The van der Waals surface area contributed by atoms with E-state index < -0.39 is 18.4 Å². The monoisotopic (exact) mass is 552 g/mol. The van der Waals surface area contributed by atoms with E-state index in [9.17, 15) is 23.2 Å². The average Bonchev–Trinajstić information content (AvgIpc) is 3.81. The topological polar surface area (TPSA) is 91.0 Å². The Morgan fingerprint density at radius 1 is 1.16 bits per heavy atom. The molecule has 1 atom stereocenters. The second-order valence-electron chi connectivity index (χ2n) is 9.40. The van der Waals surface area contributed by atoms with Crippen molar-refractivity contribution in [3.8, 4) is 0 Å². The predicted molar refractivity (Wildman–Crippen MR) is 137 cm³/mol. The van der Waals surface area contributed by atoms with Crippen molar-refractivity contribution in [1.29, 1.82) is 0 Å². The van der Waals surface area contributed by atoms with Crippen molar-refractivity contribution in [1.82, 2.24) is 10.2 Å². The third kappa shape index (κ3) is 6.11. The maximum absolute atomic E-state index is 14.0. The molecule has 5 rings (SSSR count). The molecule has 1 aromatic heterocycles. The minimum absolute atomic E-state index is 0.0163. The minimum Gasteiger partial charge on any atom is -0.370 e. The van der Waals surface area contributed by atoms with Crippen molar-refractivity contribution in [3.63, 3.8) is 0 Å². The fourth-order valence-electron chi connectivity index (χ4n) is 4.62. The number of benzene rings is 1. The fourth-order valence-corrected chi connectivity index (χ4v) is 5.58. The molecule has 198 valence electrons. The molecule has 2 saturated carbocycles. The van der Waals surface area contributed by atoms with E-state index in [1.165, 1.54) is 17.0 Å². The summed E-state index contributed by atoms with van der Waals surface area (Å²) in [6.07, 6.45) is 0.966. The maximum atomic E-state index is 14.0. The standard InChI is InChI=1S/C25H27ClF2N4O4S/c26-21-8-7-20(37-21)25(35)29-12-19(32(14-1-2-14)15-3-4-15)24(34)30-18-6-5-16(11-17(18)23(27)28)31-9-10-36-13-22(31)33/h5-8,11,14-15,19,23H,1-4,9-10,12-13H2,(H,29,35)(H,30,34)/t19-/m0/s1. The number of morpholine rings is 1. The molecule has 2 heterocycles. The second-order valence-corrected chi connectivity index (χ2v) is 11.1. The van der Waals surface area contributed by atoms with Crippen molar-refractivity contribution < 1.29 is 27.9 Å². The Balaban J connectivity index is 1.35. The summed E-state index contributed by atoms with van der Waals surface area (Å²) in [6.45, 7) is 0.517. The van der Waals surface area contributed by atoms with Crippen LogP contribution in [0.1, 0.15) is 47.3 Å². The number of rotatable bonds is 10. The summed E-state index contributed by atoms with van der Waals surface area (Å²) in [5.41, 5.74) is -0.0551. The first-order valence-electron chi connectivity index (χ1n) is 12.2. The molecule has 3 fully saturated rings. The quantitative estimate of drug-likeness (QED) is 0.464. The first kappa shape index (κ1) is 26.0. The van der Waals surface area contributed by atoms with Crippen LogP contribution in [0.3, 0.4) is 0 Å². The molecule has 0 unspecified atom stereocenters. The van der Waals surface area contributed by atoms with Crippen molar-refractivity contribution in [3.05, 3.63) is 45.1 Å². The highest BCUT2D eigenvalue weighted by Gasteiger charge is 2.45. The molecule has 3 amide bonds. The van der Waals surface area contributed by atoms with Gasteiger partial charge in [0.25, 0.3) is 18.2 Å². The van der Waals surface area contributed by atoms with Gasteiger partial charge in [-0.3, -0.25) is 19.3 Å². The number of carbonyl (C=O) groups excluding carboxylic acids is 3. The molecular formula is C25H27ClF2N4O4S. The van der Waals surface area contributed by atoms with E-state index in [1.807, 2.05) is 0 Å². The van der Waals surface area contributed by atoms with E-state index in [4.69, 9.17) is 16.3 Å². The maximum Gasteiger partial charge on any atom is 0.265 e. The Labute approximate surface area is 221 Å². The molecule has 1 aliphatic heterocycles. The van der Waals surface area contributed by atoms with Gasteiger partial charge in [0.15, 0.2) is 0 Å². The van der Waals surface area contributed by atoms with Crippen molar-refractivity contribution in [2.24, 2.45) is 0 Å². The van der Waals surface area contributed by atoms with Crippen LogP contribution in [-0.4, -0.2) is 67.1 Å². The summed E-state index contributed by atoms with van der Waals surface area (Å²) in [5, 5.41) is 5.51. The molecule has 2 aliphatic carbocycles. The van der Waals surface area contributed by atoms with Gasteiger partial charge in [-0.2, -0.15) is 0 Å². The first-order valence-corrected chi connectivity index (χ1v) is 13.4. The van der Waals surface area contributed by atoms with Crippen LogP contribution in [0.25, 0.3) is 0 Å². The summed E-state index contributed by atoms with van der Waals surface area (Å²) in [4.78, 5) is 42.3. The number of carbonyl (C=O) groups is 3. The molecule has 0 spiro atoms. The number of hydrogen-bond donors (Lipinski definition) is 2. The Morgan fingerprint density at radius 2 is 1.89 bits per heavy atom. The number of alkyl halides is 2. The first-order chi connectivity index (χ1) is 17.8. The van der Waals surface area contributed by atoms with E-state index in [0.29, 0.717) is 21.5 Å². The third-order valence-corrected chi connectivity index (χ3v) is 7.91. The molecule has 0 radical (unpaired) electrons. The number of amides is 3. The van der Waals surface area contributed by atoms with Gasteiger partial charge < -0.3 is 20.3 Å². The molecule has 0 bridgehead atoms. The van der Waals surface area contributed by atoms with Crippen LogP contribution in [0.5, 0.6) is 0 Å². The lowest BCUT2D eigenvalue weighted by atomic mass is 10.1. The third-order valence-electron chi connectivity index (χ3n) is 6.68. The van der Waals surface area contributed by atoms with Crippen molar-refractivity contribution in [2.75, 3.05) is 36.5 Å². The highest BCUT2D eigenvalue weighted by atomic mass is 35.5. The average molecular weight is 553 g/mol. The van der Waals surface area contributed by atoms with Gasteiger partial charge in [0.2, 0.25) is 5.91 Å². The van der Waals surface area contributed by atoms with Gasteiger partial charge in [0, 0.05) is 42.1 Å². The number of nitrogens with one attached hydrogen (secondary N) is 2. The van der Waals surface area contributed by atoms with Gasteiger partial charge >= 0.3 is 0 Å². The number of halogens is 3. The number of hydrogen-bond acceptors (Lipinski definition) is 6. The summed E-state index contributed by atoms with van der Waals surface area (Å²) >= 11 is 7.09. The molecule has 1 saturated heterocycles. The number of ether oxygens (including phenoxy) is 1. The molecular weight excluding hydrogens is 526 g/mol. The Morgan fingerprint density at radius 3 is 2.49 bits per heavy atom. The summed E-state index contributed by atoms with van der Waals surface area (Å²) < 4.78 is 33.7. The molecule has 2 aromatic rings. The number of nitrogens with zero attached hydrogens (tertiary/aromatic N) is 2. The van der Waals surface area contributed by atoms with Crippen molar-refractivity contribution >= 4 is 52.0 Å². The van der Waals surface area contributed by atoms with Crippen LogP contribution in [0.4, 0.5) is 20.2 Å².